The van der Waals surface area contributed by atoms with Crippen LogP contribution in [0.1, 0.15) is 13.3 Å². The largest absolute Gasteiger partial charge is 0.288 e. The van der Waals surface area contributed by atoms with E-state index >= 15 is 0 Å². The molecule has 1 atom stereocenters. The van der Waals surface area contributed by atoms with Crippen molar-refractivity contribution in [2.24, 2.45) is 0 Å². The van der Waals surface area contributed by atoms with Crippen LogP contribution >= 0.6 is 23.1 Å². The number of pyridine rings is 1. The minimum atomic E-state index is 0.0285. The van der Waals surface area contributed by atoms with E-state index in [1.54, 1.807) is 17.3 Å². The van der Waals surface area contributed by atoms with Gasteiger partial charge in [0.05, 0.1) is 5.69 Å². The van der Waals surface area contributed by atoms with E-state index < -0.39 is 0 Å². The van der Waals surface area contributed by atoms with Gasteiger partial charge >= 0.3 is 0 Å². The Morgan fingerprint density at radius 2 is 2.38 bits per heavy atom. The van der Waals surface area contributed by atoms with Gasteiger partial charge in [-0.05, 0) is 12.1 Å². The monoisotopic (exact) mass is 319 g/mol. The highest BCUT2D eigenvalue weighted by atomic mass is 32.2. The number of thiazole rings is 1. The maximum absolute atomic E-state index is 12.1. The van der Waals surface area contributed by atoms with E-state index in [2.05, 4.69) is 9.97 Å². The predicted molar refractivity (Wildman–Crippen MR) is 84.4 cm³/mol. The average molecular weight is 319 g/mol. The topological polar surface area (TPSA) is 63.2 Å². The number of nitrogens with zero attached hydrogens (tertiary/aromatic N) is 3. The predicted octanol–water partition coefficient (Wildman–Crippen LogP) is 2.59. The first-order chi connectivity index (χ1) is 10.1. The summed E-state index contributed by atoms with van der Waals surface area (Å²) in [4.78, 5) is 33.5. The minimum Gasteiger partial charge on any atom is -0.288 e. The zero-order chi connectivity index (χ0) is 14.8. The van der Waals surface area contributed by atoms with Crippen LogP contribution < -0.4 is 4.90 Å². The van der Waals surface area contributed by atoms with E-state index in [-0.39, 0.29) is 16.3 Å². The number of carbonyl (C=O) groups is 2. The standard InChI is InChI=1S/C14H13N3O2S2/c1-9(18)21-11-5-13(19)17(7-11)14-16-12(8-20-14)10-3-2-4-15-6-10/h2-4,6,8,11H,5,7H2,1H3. The Morgan fingerprint density at radius 1 is 1.52 bits per heavy atom. The summed E-state index contributed by atoms with van der Waals surface area (Å²) in [6, 6.07) is 3.79. The Bertz CT molecular complexity index is 672. The lowest BCUT2D eigenvalue weighted by atomic mass is 10.2. The molecule has 3 heterocycles. The van der Waals surface area contributed by atoms with Crippen molar-refractivity contribution in [2.45, 2.75) is 18.6 Å². The highest BCUT2D eigenvalue weighted by Gasteiger charge is 2.33. The van der Waals surface area contributed by atoms with Gasteiger partial charge in [-0.15, -0.1) is 11.3 Å². The quantitative estimate of drug-likeness (QED) is 0.870. The van der Waals surface area contributed by atoms with Gasteiger partial charge in [-0.25, -0.2) is 4.98 Å². The van der Waals surface area contributed by atoms with Gasteiger partial charge in [-0.2, -0.15) is 0 Å². The molecule has 0 N–H and O–H groups in total. The summed E-state index contributed by atoms with van der Waals surface area (Å²) in [6.07, 6.45) is 3.86. The van der Waals surface area contributed by atoms with E-state index in [0.29, 0.717) is 18.1 Å². The van der Waals surface area contributed by atoms with Gasteiger partial charge in [0.25, 0.3) is 0 Å². The smallest absolute Gasteiger partial charge is 0.230 e. The van der Waals surface area contributed by atoms with E-state index in [9.17, 15) is 9.59 Å². The average Bonchev–Trinajstić information content (AvgIpc) is 3.06. The maximum Gasteiger partial charge on any atom is 0.230 e. The van der Waals surface area contributed by atoms with Crippen LogP contribution in [-0.2, 0) is 9.59 Å². The fourth-order valence-corrected chi connectivity index (χ4v) is 3.99. The molecule has 1 unspecified atom stereocenters. The van der Waals surface area contributed by atoms with Crippen molar-refractivity contribution in [2.75, 3.05) is 11.4 Å². The van der Waals surface area contributed by atoms with Crippen LogP contribution in [0, 0.1) is 0 Å². The first-order valence-electron chi connectivity index (χ1n) is 6.47. The Labute approximate surface area is 130 Å². The van der Waals surface area contributed by atoms with Gasteiger partial charge in [-0.1, -0.05) is 11.8 Å². The molecule has 7 heteroatoms. The van der Waals surface area contributed by atoms with Crippen LogP contribution in [-0.4, -0.2) is 32.8 Å². The Kier molecular flexibility index (Phi) is 4.03. The summed E-state index contributed by atoms with van der Waals surface area (Å²) in [5.74, 6) is 0.0286. The van der Waals surface area contributed by atoms with Crippen molar-refractivity contribution in [1.29, 1.82) is 0 Å². The molecule has 0 spiro atoms. The molecule has 1 fully saturated rings. The zero-order valence-corrected chi connectivity index (χ0v) is 13.0. The first-order valence-corrected chi connectivity index (χ1v) is 8.23. The Morgan fingerprint density at radius 3 is 3.10 bits per heavy atom. The van der Waals surface area contributed by atoms with Gasteiger partial charge in [0.2, 0.25) is 5.91 Å². The van der Waals surface area contributed by atoms with Gasteiger partial charge in [-0.3, -0.25) is 19.5 Å². The van der Waals surface area contributed by atoms with Crippen molar-refractivity contribution in [3.8, 4) is 11.3 Å². The third-order valence-electron chi connectivity index (χ3n) is 3.10. The number of hydrogen-bond donors (Lipinski definition) is 0. The second-order valence-corrected chi connectivity index (χ2v) is 7.01. The third kappa shape index (κ3) is 3.14. The Balaban J connectivity index is 1.78. The molecule has 0 aromatic carbocycles. The molecular formula is C14H13N3O2S2. The zero-order valence-electron chi connectivity index (χ0n) is 11.4. The van der Waals surface area contributed by atoms with Crippen LogP contribution in [0.3, 0.4) is 0 Å². The molecular weight excluding hydrogens is 306 g/mol. The molecule has 0 radical (unpaired) electrons. The molecule has 3 rings (SSSR count). The summed E-state index contributed by atoms with van der Waals surface area (Å²) in [7, 11) is 0. The van der Waals surface area contributed by atoms with Crippen molar-refractivity contribution in [3.05, 3.63) is 29.9 Å². The molecule has 1 aliphatic heterocycles. The maximum atomic E-state index is 12.1. The second-order valence-electron chi connectivity index (χ2n) is 4.70. The summed E-state index contributed by atoms with van der Waals surface area (Å²) in [5, 5.41) is 2.68. The van der Waals surface area contributed by atoms with Crippen LogP contribution in [0.25, 0.3) is 11.3 Å². The summed E-state index contributed by atoms with van der Waals surface area (Å²) in [5.41, 5.74) is 1.75. The second kappa shape index (κ2) is 5.95. The lowest BCUT2D eigenvalue weighted by Crippen LogP contribution is -2.24. The van der Waals surface area contributed by atoms with E-state index in [0.717, 1.165) is 11.3 Å². The number of anilines is 1. The van der Waals surface area contributed by atoms with Gasteiger partial charge in [0, 0.05) is 48.5 Å². The van der Waals surface area contributed by atoms with Gasteiger partial charge in [0.15, 0.2) is 10.2 Å². The number of carbonyl (C=O) groups excluding carboxylic acids is 2. The van der Waals surface area contributed by atoms with Crippen LogP contribution in [0.2, 0.25) is 0 Å². The lowest BCUT2D eigenvalue weighted by molar-refractivity contribution is -0.117. The molecule has 21 heavy (non-hydrogen) atoms. The molecule has 1 aliphatic rings. The van der Waals surface area contributed by atoms with E-state index in [1.807, 2.05) is 17.5 Å². The molecule has 0 bridgehead atoms. The molecule has 0 saturated carbocycles. The lowest BCUT2D eigenvalue weighted by Gasteiger charge is -2.12. The fourth-order valence-electron chi connectivity index (χ4n) is 2.21. The molecule has 5 nitrogen and oxygen atoms in total. The number of thioether (sulfide) groups is 1. The van der Waals surface area contributed by atoms with Crippen LogP contribution in [0.4, 0.5) is 5.13 Å². The van der Waals surface area contributed by atoms with Gasteiger partial charge < -0.3 is 0 Å². The summed E-state index contributed by atoms with van der Waals surface area (Å²) < 4.78 is 0. The number of hydrogen-bond acceptors (Lipinski definition) is 6. The molecule has 108 valence electrons. The number of amides is 1. The fraction of sp³-hybridized carbons (Fsp3) is 0.286. The molecule has 1 saturated heterocycles. The highest BCUT2D eigenvalue weighted by molar-refractivity contribution is 8.14. The van der Waals surface area contributed by atoms with Gasteiger partial charge in [0.1, 0.15) is 0 Å². The van der Waals surface area contributed by atoms with Crippen molar-refractivity contribution in [3.63, 3.8) is 0 Å². The van der Waals surface area contributed by atoms with E-state index in [4.69, 9.17) is 0 Å². The van der Waals surface area contributed by atoms with Crippen molar-refractivity contribution >= 4 is 39.3 Å². The molecule has 2 aromatic rings. The summed E-state index contributed by atoms with van der Waals surface area (Å²) in [6.45, 7) is 2.07. The highest BCUT2D eigenvalue weighted by Crippen LogP contribution is 2.32. The normalized spacial score (nSPS) is 18.2. The SMILES string of the molecule is CC(=O)SC1CC(=O)N(c2nc(-c3cccnc3)cs2)C1. The van der Waals surface area contributed by atoms with Crippen LogP contribution in [0.15, 0.2) is 29.9 Å². The van der Waals surface area contributed by atoms with Crippen LogP contribution in [0.5, 0.6) is 0 Å². The number of aromatic nitrogens is 2. The Hall–Kier alpha value is -1.73. The first kappa shape index (κ1) is 14.2. The third-order valence-corrected chi connectivity index (χ3v) is 4.95. The molecule has 2 aromatic heterocycles. The van der Waals surface area contributed by atoms with Crippen molar-refractivity contribution in [1.82, 2.24) is 9.97 Å². The molecule has 1 amide bonds. The summed E-state index contributed by atoms with van der Waals surface area (Å²) >= 11 is 2.67. The molecule has 0 aliphatic carbocycles. The van der Waals surface area contributed by atoms with E-state index in [1.165, 1.54) is 30.0 Å². The van der Waals surface area contributed by atoms with Crippen molar-refractivity contribution < 1.29 is 9.59 Å². The number of rotatable bonds is 3. The minimum absolute atomic E-state index is 0.0285.